The molecule has 3 heteroatoms. The average Bonchev–Trinajstić information content (AvgIpc) is 2.83. The van der Waals surface area contributed by atoms with E-state index < -0.39 is 0 Å². The first-order valence-corrected chi connectivity index (χ1v) is 13.1. The van der Waals surface area contributed by atoms with Crippen LogP contribution in [0.4, 0.5) is 8.78 Å². The second-order valence-electron chi connectivity index (χ2n) is 10.4. The highest BCUT2D eigenvalue weighted by molar-refractivity contribution is 5.34. The lowest BCUT2D eigenvalue weighted by molar-refractivity contribution is 0.222. The maximum atomic E-state index is 13.9. The van der Waals surface area contributed by atoms with Crippen LogP contribution in [0.3, 0.4) is 0 Å². The zero-order valence-electron chi connectivity index (χ0n) is 19.7. The molecule has 0 radical (unpaired) electrons. The number of hydrogen-bond donors (Lipinski definition) is 0. The van der Waals surface area contributed by atoms with Crippen molar-refractivity contribution >= 4 is 0 Å². The molecule has 1 nitrogen and oxygen atoms in total. The first kappa shape index (κ1) is 24.9. The Bertz CT molecular complexity index is 734. The smallest absolute Gasteiger partial charge is 0.141 e. The van der Waals surface area contributed by atoms with Crippen LogP contribution < -0.4 is 0 Å². The summed E-state index contributed by atoms with van der Waals surface area (Å²) in [6.45, 7) is 0. The molecule has 0 aliphatic heterocycles. The Hall–Kier alpha value is -1.69. The van der Waals surface area contributed by atoms with Crippen LogP contribution >= 0.6 is 0 Å². The van der Waals surface area contributed by atoms with Gasteiger partial charge >= 0.3 is 0 Å². The van der Waals surface area contributed by atoms with Gasteiger partial charge in [-0.15, -0.1) is 0 Å². The molecular formula is C29H41F2N. The number of hydrogen-bond acceptors (Lipinski definition) is 1. The minimum Gasteiger partial charge on any atom is -0.216 e. The quantitative estimate of drug-likeness (QED) is 0.314. The molecule has 0 spiro atoms. The molecule has 0 bridgehead atoms. The Kier molecular flexibility index (Phi) is 10.7. The molecule has 0 amide bonds. The van der Waals surface area contributed by atoms with Crippen molar-refractivity contribution in [1.29, 1.82) is 5.26 Å². The molecule has 176 valence electrons. The first-order chi connectivity index (χ1) is 15.7. The summed E-state index contributed by atoms with van der Waals surface area (Å²) in [5, 5.41) is 8.92. The predicted octanol–water partition coefficient (Wildman–Crippen LogP) is 9.38. The number of allylic oxidation sites excluding steroid dienone is 1. The number of halogens is 2. The van der Waals surface area contributed by atoms with Crippen LogP contribution in [0.15, 0.2) is 30.6 Å². The van der Waals surface area contributed by atoms with E-state index in [1.54, 1.807) is 18.2 Å². The van der Waals surface area contributed by atoms with Gasteiger partial charge in [0.15, 0.2) is 0 Å². The monoisotopic (exact) mass is 441 g/mol. The van der Waals surface area contributed by atoms with Crippen molar-refractivity contribution in [3.63, 3.8) is 0 Å². The van der Waals surface area contributed by atoms with Crippen LogP contribution in [0.25, 0.3) is 0 Å². The molecule has 0 atom stereocenters. The fourth-order valence-electron chi connectivity index (χ4n) is 6.05. The highest BCUT2D eigenvalue weighted by atomic mass is 19.1. The van der Waals surface area contributed by atoms with Crippen LogP contribution in [-0.4, -0.2) is 0 Å². The summed E-state index contributed by atoms with van der Waals surface area (Å²) in [7, 11) is 0. The molecule has 2 aliphatic carbocycles. The minimum absolute atomic E-state index is 0.153. The van der Waals surface area contributed by atoms with Gasteiger partial charge in [0.25, 0.3) is 0 Å². The van der Waals surface area contributed by atoms with Crippen molar-refractivity contribution in [2.45, 2.75) is 109 Å². The summed E-state index contributed by atoms with van der Waals surface area (Å²) in [5.41, 5.74) is 1.23. The van der Waals surface area contributed by atoms with Gasteiger partial charge in [0, 0.05) is 0 Å². The molecular weight excluding hydrogens is 400 g/mol. The van der Waals surface area contributed by atoms with Gasteiger partial charge in [-0.3, -0.25) is 0 Å². The lowest BCUT2D eigenvalue weighted by Gasteiger charge is -2.32. The Morgan fingerprint density at radius 2 is 1.41 bits per heavy atom. The Morgan fingerprint density at radius 1 is 0.812 bits per heavy atom. The SMILES string of the molecule is N#Cc1ccc(C2CCC(CCC3CCC(CCCCCCC=CF)CC3)CC2)cc1F. The second-order valence-corrected chi connectivity index (χ2v) is 10.4. The summed E-state index contributed by atoms with van der Waals surface area (Å²) < 4.78 is 25.9. The molecule has 32 heavy (non-hydrogen) atoms. The number of benzene rings is 1. The van der Waals surface area contributed by atoms with Crippen LogP contribution in [0.1, 0.15) is 120 Å². The molecule has 0 unspecified atom stereocenters. The highest BCUT2D eigenvalue weighted by Gasteiger charge is 2.25. The molecule has 2 fully saturated rings. The topological polar surface area (TPSA) is 23.8 Å². The van der Waals surface area contributed by atoms with Gasteiger partial charge in [0.1, 0.15) is 11.9 Å². The minimum atomic E-state index is -0.367. The molecule has 2 saturated carbocycles. The van der Waals surface area contributed by atoms with Gasteiger partial charge in [0.2, 0.25) is 0 Å². The Labute approximate surface area is 194 Å². The van der Waals surface area contributed by atoms with E-state index in [-0.39, 0.29) is 11.4 Å². The van der Waals surface area contributed by atoms with Crippen LogP contribution in [0.5, 0.6) is 0 Å². The maximum absolute atomic E-state index is 13.9. The van der Waals surface area contributed by atoms with E-state index in [1.807, 2.05) is 12.1 Å². The third kappa shape index (κ3) is 8.02. The summed E-state index contributed by atoms with van der Waals surface area (Å²) >= 11 is 0. The molecule has 1 aromatic rings. The third-order valence-corrected chi connectivity index (χ3v) is 8.20. The van der Waals surface area contributed by atoms with Gasteiger partial charge in [0.05, 0.1) is 11.9 Å². The van der Waals surface area contributed by atoms with Crippen LogP contribution in [-0.2, 0) is 0 Å². The van der Waals surface area contributed by atoms with E-state index in [4.69, 9.17) is 5.26 Å². The summed E-state index contributed by atoms with van der Waals surface area (Å²) in [5.74, 6) is 2.82. The van der Waals surface area contributed by atoms with Crippen molar-refractivity contribution in [2.75, 3.05) is 0 Å². The van der Waals surface area contributed by atoms with Crippen molar-refractivity contribution in [1.82, 2.24) is 0 Å². The largest absolute Gasteiger partial charge is 0.216 e. The van der Waals surface area contributed by atoms with Gasteiger partial charge < -0.3 is 0 Å². The lowest BCUT2D eigenvalue weighted by atomic mass is 9.74. The van der Waals surface area contributed by atoms with Crippen LogP contribution in [0, 0.1) is 34.9 Å². The fraction of sp³-hybridized carbons (Fsp3) is 0.690. The van der Waals surface area contributed by atoms with E-state index in [0.717, 1.165) is 49.0 Å². The third-order valence-electron chi connectivity index (χ3n) is 8.20. The number of nitrogens with zero attached hydrogens (tertiary/aromatic N) is 1. The fourth-order valence-corrected chi connectivity index (χ4v) is 6.05. The van der Waals surface area contributed by atoms with Crippen molar-refractivity contribution < 1.29 is 8.78 Å². The first-order valence-electron chi connectivity index (χ1n) is 13.1. The summed E-state index contributed by atoms with van der Waals surface area (Å²) in [6, 6.07) is 7.10. The number of rotatable bonds is 11. The predicted molar refractivity (Wildman–Crippen MR) is 128 cm³/mol. The van der Waals surface area contributed by atoms with Gasteiger partial charge in [-0.2, -0.15) is 5.26 Å². The zero-order chi connectivity index (χ0) is 22.6. The van der Waals surface area contributed by atoms with Gasteiger partial charge in [-0.05, 0) is 79.9 Å². The molecule has 0 saturated heterocycles. The number of nitriles is 1. The molecule has 2 aliphatic rings. The van der Waals surface area contributed by atoms with E-state index in [0.29, 0.717) is 12.2 Å². The molecule has 0 aromatic heterocycles. The number of unbranched alkanes of at least 4 members (excludes halogenated alkanes) is 4. The summed E-state index contributed by atoms with van der Waals surface area (Å²) in [4.78, 5) is 0. The van der Waals surface area contributed by atoms with E-state index in [9.17, 15) is 8.78 Å². The van der Waals surface area contributed by atoms with E-state index in [2.05, 4.69) is 0 Å². The average molecular weight is 442 g/mol. The highest BCUT2D eigenvalue weighted by Crippen LogP contribution is 2.40. The molecule has 1 aromatic carbocycles. The summed E-state index contributed by atoms with van der Waals surface area (Å²) in [6.07, 6.45) is 22.9. The van der Waals surface area contributed by atoms with Crippen molar-refractivity contribution in [2.24, 2.45) is 17.8 Å². The van der Waals surface area contributed by atoms with E-state index >= 15 is 0 Å². The van der Waals surface area contributed by atoms with Gasteiger partial charge in [-0.1, -0.05) is 76.4 Å². The normalized spacial score (nSPS) is 26.3. The molecule has 0 heterocycles. The van der Waals surface area contributed by atoms with Gasteiger partial charge in [-0.25, -0.2) is 8.78 Å². The van der Waals surface area contributed by atoms with Crippen molar-refractivity contribution in [3.05, 3.63) is 47.5 Å². The molecule has 0 N–H and O–H groups in total. The second kappa shape index (κ2) is 13.8. The zero-order valence-corrected chi connectivity index (χ0v) is 19.7. The van der Waals surface area contributed by atoms with Crippen molar-refractivity contribution in [3.8, 4) is 6.07 Å². The molecule has 3 rings (SSSR count). The van der Waals surface area contributed by atoms with Crippen LogP contribution in [0.2, 0.25) is 0 Å². The Morgan fingerprint density at radius 3 is 2.00 bits per heavy atom. The maximum Gasteiger partial charge on any atom is 0.141 e. The Balaban J connectivity index is 1.25. The standard InChI is InChI=1S/C29H41F2N/c30-20-6-4-2-1-3-5-7-23-8-10-24(11-9-23)12-13-25-14-16-26(17-15-25)27-18-19-28(22-32)29(31)21-27/h6,18-21,23-26H,1-5,7-17H2. The van der Waals surface area contributed by atoms with E-state index in [1.165, 1.54) is 77.0 Å². The lowest BCUT2D eigenvalue weighted by Crippen LogP contribution is -2.18.